The molecule has 0 amide bonds. The van der Waals surface area contributed by atoms with E-state index in [9.17, 15) is 13.5 Å². The first-order valence-electron chi connectivity index (χ1n) is 9.60. The lowest BCUT2D eigenvalue weighted by atomic mass is 9.77. The van der Waals surface area contributed by atoms with Crippen LogP contribution in [-0.4, -0.2) is 39.9 Å². The fraction of sp³-hybridized carbons (Fsp3) is 0.429. The van der Waals surface area contributed by atoms with Crippen LogP contribution in [0, 0.1) is 5.92 Å². The Balaban J connectivity index is 1.58. The van der Waals surface area contributed by atoms with Crippen molar-refractivity contribution in [3.8, 4) is 5.75 Å². The van der Waals surface area contributed by atoms with Crippen LogP contribution in [0.4, 0.5) is 0 Å². The minimum absolute atomic E-state index is 0.0835. The zero-order valence-electron chi connectivity index (χ0n) is 15.6. The summed E-state index contributed by atoms with van der Waals surface area (Å²) in [4.78, 5) is 0.194. The van der Waals surface area contributed by atoms with Gasteiger partial charge in [0.1, 0.15) is 11.4 Å². The molecule has 2 aliphatic rings. The molecule has 0 unspecified atom stereocenters. The normalized spacial score (nSPS) is 19.6. The summed E-state index contributed by atoms with van der Waals surface area (Å²) >= 11 is 0. The highest BCUT2D eigenvalue weighted by molar-refractivity contribution is 7.89. The fourth-order valence-corrected chi connectivity index (χ4v) is 5.12. The molecule has 1 atom stereocenters. The van der Waals surface area contributed by atoms with E-state index in [1.807, 2.05) is 30.3 Å². The molecule has 0 aromatic heterocycles. The third-order valence-electron chi connectivity index (χ3n) is 5.67. The molecule has 28 heavy (non-hydrogen) atoms. The van der Waals surface area contributed by atoms with Gasteiger partial charge in [0.15, 0.2) is 0 Å². The molecule has 2 heterocycles. The molecular formula is C21H25NO5S. The van der Waals surface area contributed by atoms with Crippen LogP contribution in [0.2, 0.25) is 0 Å². The highest BCUT2D eigenvalue weighted by Gasteiger charge is 2.40. The number of benzene rings is 2. The Hall–Kier alpha value is -1.93. The number of fused-ring (bicyclic) bond motifs is 1. The van der Waals surface area contributed by atoms with Crippen LogP contribution in [0.5, 0.6) is 5.75 Å². The lowest BCUT2D eigenvalue weighted by molar-refractivity contribution is -0.0663. The summed E-state index contributed by atoms with van der Waals surface area (Å²) in [7, 11) is -3.76. The number of rotatable bonds is 6. The second-order valence-electron chi connectivity index (χ2n) is 7.37. The summed E-state index contributed by atoms with van der Waals surface area (Å²) in [6, 6.07) is 14.2. The van der Waals surface area contributed by atoms with Gasteiger partial charge in [-0.25, -0.2) is 13.1 Å². The number of nitrogens with one attached hydrogen (secondary N) is 1. The topological polar surface area (TPSA) is 84.9 Å². The van der Waals surface area contributed by atoms with Gasteiger partial charge < -0.3 is 14.6 Å². The molecule has 0 bridgehead atoms. The average Bonchev–Trinajstić information content (AvgIpc) is 3.21. The van der Waals surface area contributed by atoms with Crippen molar-refractivity contribution in [1.29, 1.82) is 0 Å². The van der Waals surface area contributed by atoms with Crippen molar-refractivity contribution in [2.45, 2.75) is 29.8 Å². The molecule has 0 saturated carbocycles. The van der Waals surface area contributed by atoms with Crippen molar-refractivity contribution in [1.82, 2.24) is 4.72 Å². The van der Waals surface area contributed by atoms with E-state index in [0.717, 1.165) is 11.3 Å². The van der Waals surface area contributed by atoms with Crippen LogP contribution in [-0.2, 0) is 26.8 Å². The molecule has 2 aliphatic heterocycles. The Kier molecular flexibility index (Phi) is 5.42. The van der Waals surface area contributed by atoms with E-state index in [4.69, 9.17) is 9.47 Å². The molecule has 2 N–H and O–H groups in total. The first-order chi connectivity index (χ1) is 13.5. The summed E-state index contributed by atoms with van der Waals surface area (Å²) in [5.41, 5.74) is 0.315. The quantitative estimate of drug-likeness (QED) is 0.773. The number of hydrogen-bond donors (Lipinski definition) is 2. The second kappa shape index (κ2) is 7.83. The van der Waals surface area contributed by atoms with Gasteiger partial charge in [-0.3, -0.25) is 0 Å². The number of hydrogen-bond acceptors (Lipinski definition) is 5. The maximum Gasteiger partial charge on any atom is 0.240 e. The van der Waals surface area contributed by atoms with Crippen molar-refractivity contribution in [2.75, 3.05) is 26.4 Å². The Morgan fingerprint density at radius 2 is 1.82 bits per heavy atom. The standard InChI is InChI=1S/C21H25NO5S/c23-21(17-4-2-1-3-5-17,18-9-11-26-12-10-18)15-22-28(24,25)19-6-7-20-16(14-19)8-13-27-20/h1-7,14,18,22-23H,8-13,15H2/t21-/m1/s1. The van der Waals surface area contributed by atoms with E-state index in [1.165, 1.54) is 0 Å². The summed E-state index contributed by atoms with van der Waals surface area (Å²) in [5.74, 6) is 0.654. The van der Waals surface area contributed by atoms with Crippen LogP contribution >= 0.6 is 0 Å². The molecule has 1 saturated heterocycles. The smallest absolute Gasteiger partial charge is 0.240 e. The van der Waals surface area contributed by atoms with Gasteiger partial charge in [-0.2, -0.15) is 0 Å². The average molecular weight is 404 g/mol. The highest BCUT2D eigenvalue weighted by atomic mass is 32.2. The zero-order valence-corrected chi connectivity index (χ0v) is 16.5. The van der Waals surface area contributed by atoms with Crippen molar-refractivity contribution >= 4 is 10.0 Å². The molecule has 0 aliphatic carbocycles. The largest absolute Gasteiger partial charge is 0.493 e. The second-order valence-corrected chi connectivity index (χ2v) is 9.14. The van der Waals surface area contributed by atoms with E-state index in [2.05, 4.69) is 4.72 Å². The van der Waals surface area contributed by atoms with Gasteiger partial charge in [0.2, 0.25) is 10.0 Å². The Bertz CT molecular complexity index is 925. The lowest BCUT2D eigenvalue weighted by Gasteiger charge is -2.39. The minimum Gasteiger partial charge on any atom is -0.493 e. The summed E-state index contributed by atoms with van der Waals surface area (Å²) < 4.78 is 39.3. The van der Waals surface area contributed by atoms with Crippen molar-refractivity contribution in [3.05, 3.63) is 59.7 Å². The molecule has 2 aromatic carbocycles. The molecule has 6 nitrogen and oxygen atoms in total. The summed E-state index contributed by atoms with van der Waals surface area (Å²) in [5, 5.41) is 11.6. The first kappa shape index (κ1) is 19.4. The third-order valence-corrected chi connectivity index (χ3v) is 7.07. The monoisotopic (exact) mass is 403 g/mol. The van der Waals surface area contributed by atoms with E-state index in [-0.39, 0.29) is 17.4 Å². The van der Waals surface area contributed by atoms with Crippen LogP contribution in [0.25, 0.3) is 0 Å². The Morgan fingerprint density at radius 1 is 1.07 bits per heavy atom. The van der Waals surface area contributed by atoms with Crippen LogP contribution < -0.4 is 9.46 Å². The molecule has 4 rings (SSSR count). The molecule has 7 heteroatoms. The van der Waals surface area contributed by atoms with E-state index >= 15 is 0 Å². The third kappa shape index (κ3) is 3.80. The van der Waals surface area contributed by atoms with Gasteiger partial charge in [-0.05, 0) is 48.1 Å². The van der Waals surface area contributed by atoms with E-state index in [1.54, 1.807) is 18.2 Å². The van der Waals surface area contributed by atoms with Crippen LogP contribution in [0.1, 0.15) is 24.0 Å². The maximum absolute atomic E-state index is 12.9. The van der Waals surface area contributed by atoms with Crippen molar-refractivity contribution < 1.29 is 23.0 Å². The molecule has 0 spiro atoms. The number of sulfonamides is 1. The van der Waals surface area contributed by atoms with Crippen molar-refractivity contribution in [2.24, 2.45) is 5.92 Å². The predicted molar refractivity (Wildman–Crippen MR) is 105 cm³/mol. The SMILES string of the molecule is O=S(=O)(NC[C@@](O)(c1ccccc1)C1CCOCC1)c1ccc2c(c1)CCO2. The van der Waals surface area contributed by atoms with Gasteiger partial charge in [-0.1, -0.05) is 30.3 Å². The van der Waals surface area contributed by atoms with Gasteiger partial charge in [0, 0.05) is 26.2 Å². The van der Waals surface area contributed by atoms with Crippen LogP contribution in [0.3, 0.4) is 0 Å². The number of aliphatic hydroxyl groups is 1. The lowest BCUT2D eigenvalue weighted by Crippen LogP contribution is -2.47. The fourth-order valence-electron chi connectivity index (χ4n) is 4.00. The van der Waals surface area contributed by atoms with Crippen molar-refractivity contribution in [3.63, 3.8) is 0 Å². The predicted octanol–water partition coefficient (Wildman–Crippen LogP) is 2.21. The number of ether oxygens (including phenoxy) is 2. The van der Waals surface area contributed by atoms with E-state index < -0.39 is 15.6 Å². The molecule has 0 radical (unpaired) electrons. The van der Waals surface area contributed by atoms with Crippen LogP contribution in [0.15, 0.2) is 53.4 Å². The minimum atomic E-state index is -3.76. The Labute approximate surface area is 165 Å². The van der Waals surface area contributed by atoms with Gasteiger partial charge >= 0.3 is 0 Å². The zero-order chi connectivity index (χ0) is 19.6. The van der Waals surface area contributed by atoms with Gasteiger partial charge in [0.05, 0.1) is 11.5 Å². The maximum atomic E-state index is 12.9. The molecule has 150 valence electrons. The molecular weight excluding hydrogens is 378 g/mol. The van der Waals surface area contributed by atoms with E-state index in [0.29, 0.717) is 44.6 Å². The summed E-state index contributed by atoms with van der Waals surface area (Å²) in [6.07, 6.45) is 2.07. The first-order valence-corrected chi connectivity index (χ1v) is 11.1. The highest BCUT2D eigenvalue weighted by Crippen LogP contribution is 2.36. The van der Waals surface area contributed by atoms with Gasteiger partial charge in [0.25, 0.3) is 0 Å². The van der Waals surface area contributed by atoms with Gasteiger partial charge in [-0.15, -0.1) is 0 Å². The Morgan fingerprint density at radius 3 is 2.57 bits per heavy atom. The molecule has 1 fully saturated rings. The summed E-state index contributed by atoms with van der Waals surface area (Å²) in [6.45, 7) is 1.62. The molecule has 2 aromatic rings.